The van der Waals surface area contributed by atoms with Gasteiger partial charge in [0.2, 0.25) is 0 Å². The number of halogens is 2. The Labute approximate surface area is 96.2 Å². The molecule has 0 bridgehead atoms. The average Bonchev–Trinajstić information content (AvgIpc) is 2.85. The Hall–Kier alpha value is 0.0203. The quantitative estimate of drug-likeness (QED) is 0.516. The second-order valence-electron chi connectivity index (χ2n) is 1.43. The summed E-state index contributed by atoms with van der Waals surface area (Å²) in [7, 11) is 9.83. The van der Waals surface area contributed by atoms with Crippen LogP contribution in [0.5, 0.6) is 0 Å². The van der Waals surface area contributed by atoms with Crippen LogP contribution in [-0.4, -0.2) is 0 Å². The van der Waals surface area contributed by atoms with Gasteiger partial charge in [0.25, 0.3) is 0 Å². The predicted octanol–water partition coefficient (Wildman–Crippen LogP) is 2.59. The van der Waals surface area contributed by atoms with E-state index in [4.69, 9.17) is 18.4 Å². The largest absolute Gasteiger partial charge is 0.999 e. The van der Waals surface area contributed by atoms with Crippen molar-refractivity contribution in [2.45, 2.75) is 0 Å². The number of hydrogen-bond donors (Lipinski definition) is 0. The summed E-state index contributed by atoms with van der Waals surface area (Å²) in [5.41, 5.74) is 0. The standard InChI is InChI=1S/2C5H.2ClH.Nb/c2*1-2-4-5-3-1;;;/h2*1H;2*1H;/q2*-5;;;+2/p-2. The molecule has 0 nitrogen and oxygen atoms in total. The monoisotopic (exact) mass is 285 g/mol. The molecule has 0 amide bonds. The molecule has 2 rings (SSSR count). The normalized spacial score (nSPS) is 7.23. The van der Waals surface area contributed by atoms with E-state index in [9.17, 15) is 0 Å². The van der Waals surface area contributed by atoms with Gasteiger partial charge in [-0.15, -0.1) is 0 Å². The van der Waals surface area contributed by atoms with Crippen molar-refractivity contribution < 1.29 is 17.6 Å². The SMILES string of the molecule is [Cl][Nb][Cl].[c-]1[c-][c-][cH-][c-]1.[c-]1[c-][c-][cH-][c-]1. The smallest absolute Gasteiger partial charge is 0.800 e. The molecule has 0 spiro atoms. The summed E-state index contributed by atoms with van der Waals surface area (Å²) in [5, 5.41) is 0. The number of rotatable bonds is 0. The minimum Gasteiger partial charge on any atom is -0.999 e. The Kier molecular flexibility index (Phi) is 12.0. The van der Waals surface area contributed by atoms with Crippen molar-refractivity contribution in [2.24, 2.45) is 0 Å². The molecule has 0 heterocycles. The minimum absolute atomic E-state index is 0.706. The van der Waals surface area contributed by atoms with Crippen LogP contribution in [0.15, 0.2) is 12.1 Å². The van der Waals surface area contributed by atoms with Gasteiger partial charge in [-0.2, -0.15) is 0 Å². The van der Waals surface area contributed by atoms with Crippen molar-refractivity contribution in [3.63, 3.8) is 0 Å². The van der Waals surface area contributed by atoms with Gasteiger partial charge in [0.1, 0.15) is 0 Å². The van der Waals surface area contributed by atoms with Gasteiger partial charge in [-0.3, -0.25) is 0 Å². The third-order valence-corrected chi connectivity index (χ3v) is 0.702. The maximum atomic E-state index is 4.91. The van der Waals surface area contributed by atoms with E-state index in [-0.39, 0.29) is 0 Å². The van der Waals surface area contributed by atoms with Gasteiger partial charge in [0.05, 0.1) is 0 Å². The molecule has 0 aliphatic carbocycles. The van der Waals surface area contributed by atoms with Crippen LogP contribution in [0.25, 0.3) is 0 Å². The summed E-state index contributed by atoms with van der Waals surface area (Å²) in [6.07, 6.45) is 0. The molecule has 0 N–H and O–H groups in total. The second-order valence-corrected chi connectivity index (χ2v) is 4.77. The maximum absolute atomic E-state index is 4.91. The van der Waals surface area contributed by atoms with E-state index in [0.29, 0.717) is 0 Å². The molecule has 0 saturated heterocycles. The molecule has 0 atom stereocenters. The Bertz CT molecular complexity index is 165. The molecule has 13 heavy (non-hydrogen) atoms. The van der Waals surface area contributed by atoms with Gasteiger partial charge in [-0.1, -0.05) is 0 Å². The molecular weight excluding hydrogens is 284 g/mol. The zero-order chi connectivity index (χ0) is 9.78. The molecule has 0 saturated carbocycles. The van der Waals surface area contributed by atoms with Crippen molar-refractivity contribution in [3.05, 3.63) is 60.7 Å². The van der Waals surface area contributed by atoms with Crippen LogP contribution in [-0.2, 0) is 17.6 Å². The first kappa shape index (κ1) is 13.0. The minimum atomic E-state index is -0.706. The molecule has 0 fully saturated rings. The van der Waals surface area contributed by atoms with Gasteiger partial charge in [0, 0.05) is 0 Å². The molecule has 2 aromatic carbocycles. The molecule has 0 unspecified atom stereocenters. The van der Waals surface area contributed by atoms with Crippen LogP contribution in [0.1, 0.15) is 0 Å². The van der Waals surface area contributed by atoms with Crippen LogP contribution < -0.4 is 0 Å². The van der Waals surface area contributed by atoms with Crippen molar-refractivity contribution in [1.82, 2.24) is 0 Å². The van der Waals surface area contributed by atoms with Crippen LogP contribution in [0.2, 0.25) is 0 Å². The summed E-state index contributed by atoms with van der Waals surface area (Å²) >= 11 is -0.706. The molecule has 2 aromatic rings. The van der Waals surface area contributed by atoms with E-state index in [1.165, 1.54) is 0 Å². The van der Waals surface area contributed by atoms with Crippen molar-refractivity contribution >= 4 is 18.4 Å². The molecule has 71 valence electrons. The number of hydrogen-bond acceptors (Lipinski definition) is 0. The molecule has 0 aliphatic heterocycles. The van der Waals surface area contributed by atoms with E-state index in [1.54, 1.807) is 12.1 Å². The van der Waals surface area contributed by atoms with Crippen molar-refractivity contribution in [1.29, 1.82) is 0 Å². The topological polar surface area (TPSA) is 0 Å². The molecule has 0 aromatic heterocycles. The van der Waals surface area contributed by atoms with E-state index < -0.39 is 17.6 Å². The fraction of sp³-hybridized carbons (Fsp3) is 0. The van der Waals surface area contributed by atoms with Gasteiger partial charge in [-0.25, -0.2) is 0 Å². The Morgan fingerprint density at radius 2 is 0.923 bits per heavy atom. The summed E-state index contributed by atoms with van der Waals surface area (Å²) in [4.78, 5) is 0. The van der Waals surface area contributed by atoms with Crippen LogP contribution in [0.4, 0.5) is 0 Å². The molecule has 0 aliphatic rings. The third-order valence-electron chi connectivity index (χ3n) is 0.702. The predicted molar refractivity (Wildman–Crippen MR) is 46.5 cm³/mol. The maximum Gasteiger partial charge on any atom is -0.800 e. The zero-order valence-corrected chi connectivity index (χ0v) is 10.1. The van der Waals surface area contributed by atoms with E-state index in [1.807, 2.05) is 0 Å². The van der Waals surface area contributed by atoms with Gasteiger partial charge >= 0.3 is 36.0 Å². The van der Waals surface area contributed by atoms with Gasteiger partial charge in [0.15, 0.2) is 0 Å². The fourth-order valence-corrected chi connectivity index (χ4v) is 0.361. The Balaban J connectivity index is 0.000000174. The fourth-order valence-electron chi connectivity index (χ4n) is 0.361. The first-order chi connectivity index (χ1) is 6.41. The van der Waals surface area contributed by atoms with Crippen LogP contribution in [0, 0.1) is 48.5 Å². The first-order valence-electron chi connectivity index (χ1n) is 2.99. The molecule has 0 radical (unpaired) electrons. The average molecular weight is 286 g/mol. The van der Waals surface area contributed by atoms with Crippen LogP contribution in [0.3, 0.4) is 0 Å². The van der Waals surface area contributed by atoms with Crippen LogP contribution >= 0.6 is 18.4 Å². The summed E-state index contributed by atoms with van der Waals surface area (Å²) in [6.45, 7) is 0. The van der Waals surface area contributed by atoms with E-state index >= 15 is 0 Å². The first-order valence-corrected chi connectivity index (χ1v) is 8.65. The Morgan fingerprint density at radius 3 is 1.00 bits per heavy atom. The van der Waals surface area contributed by atoms with E-state index in [0.717, 1.165) is 0 Å². The van der Waals surface area contributed by atoms with Gasteiger partial charge < -0.3 is 60.7 Å². The molecule has 3 heteroatoms. The summed E-state index contributed by atoms with van der Waals surface area (Å²) < 4.78 is 0. The molecular formula is C10H2Cl2Nb-10. The van der Waals surface area contributed by atoms with E-state index in [2.05, 4.69) is 48.5 Å². The third kappa shape index (κ3) is 12.0. The van der Waals surface area contributed by atoms with Crippen molar-refractivity contribution in [2.75, 3.05) is 0 Å². The van der Waals surface area contributed by atoms with Crippen molar-refractivity contribution in [3.8, 4) is 0 Å². The summed E-state index contributed by atoms with van der Waals surface area (Å²) in [6, 6.07) is 24.0. The summed E-state index contributed by atoms with van der Waals surface area (Å²) in [5.74, 6) is 0. The second kappa shape index (κ2) is 12.0. The van der Waals surface area contributed by atoms with Gasteiger partial charge in [-0.05, 0) is 0 Å². The zero-order valence-electron chi connectivity index (χ0n) is 6.36. The Morgan fingerprint density at radius 1 is 0.692 bits per heavy atom.